The standard InChI is InChI=1S/C23H24ClN3O2S/c24-17-8-6-7-16(13-17)14-27-22(29)19-11-4-5-12-20(19)26-23(27)30-15-21(28)25-18-9-2-1-3-10-18/h4-8,11-13,18H,1-3,9-10,14-15H2,(H,25,28). The largest absolute Gasteiger partial charge is 0.353 e. The minimum atomic E-state index is -0.115. The van der Waals surface area contributed by atoms with Crippen molar-refractivity contribution in [2.75, 3.05) is 5.75 Å². The Morgan fingerprint density at radius 1 is 1.13 bits per heavy atom. The Hall–Kier alpha value is -2.31. The van der Waals surface area contributed by atoms with Gasteiger partial charge in [0, 0.05) is 11.1 Å². The van der Waals surface area contributed by atoms with Gasteiger partial charge >= 0.3 is 0 Å². The summed E-state index contributed by atoms with van der Waals surface area (Å²) in [6.07, 6.45) is 5.68. The van der Waals surface area contributed by atoms with Gasteiger partial charge in [-0.1, -0.05) is 66.9 Å². The molecule has 7 heteroatoms. The van der Waals surface area contributed by atoms with Crippen LogP contribution in [-0.2, 0) is 11.3 Å². The Balaban J connectivity index is 1.58. The van der Waals surface area contributed by atoms with E-state index in [1.807, 2.05) is 36.4 Å². The van der Waals surface area contributed by atoms with Crippen LogP contribution in [0.5, 0.6) is 0 Å². The number of thioether (sulfide) groups is 1. The quantitative estimate of drug-likeness (QED) is 0.447. The topological polar surface area (TPSA) is 64.0 Å². The van der Waals surface area contributed by atoms with Gasteiger partial charge in [-0.05, 0) is 42.7 Å². The van der Waals surface area contributed by atoms with Gasteiger partial charge in [0.25, 0.3) is 5.56 Å². The lowest BCUT2D eigenvalue weighted by molar-refractivity contribution is -0.119. The molecule has 0 saturated heterocycles. The maximum absolute atomic E-state index is 13.2. The number of aromatic nitrogens is 2. The van der Waals surface area contributed by atoms with E-state index in [0.29, 0.717) is 27.6 Å². The number of halogens is 1. The van der Waals surface area contributed by atoms with Gasteiger partial charge in [0.05, 0.1) is 23.2 Å². The number of hydrogen-bond acceptors (Lipinski definition) is 4. The van der Waals surface area contributed by atoms with Crippen molar-refractivity contribution in [1.29, 1.82) is 0 Å². The number of carbonyl (C=O) groups is 1. The van der Waals surface area contributed by atoms with Crippen molar-refractivity contribution in [3.63, 3.8) is 0 Å². The van der Waals surface area contributed by atoms with Crippen LogP contribution in [0.4, 0.5) is 0 Å². The molecule has 3 aromatic rings. The molecule has 1 aliphatic carbocycles. The van der Waals surface area contributed by atoms with Gasteiger partial charge in [0.1, 0.15) is 0 Å². The van der Waals surface area contributed by atoms with Crippen LogP contribution in [0.15, 0.2) is 58.5 Å². The molecule has 0 radical (unpaired) electrons. The third-order valence-corrected chi connectivity index (χ3v) is 6.57. The fourth-order valence-corrected chi connectivity index (χ4v) is 4.88. The van der Waals surface area contributed by atoms with Crippen molar-refractivity contribution in [2.24, 2.45) is 0 Å². The minimum absolute atomic E-state index is 0.0105. The monoisotopic (exact) mass is 441 g/mol. The van der Waals surface area contributed by atoms with Crippen LogP contribution < -0.4 is 10.9 Å². The van der Waals surface area contributed by atoms with Gasteiger partial charge in [-0.2, -0.15) is 0 Å². The van der Waals surface area contributed by atoms with Crippen LogP contribution in [0.3, 0.4) is 0 Å². The number of hydrogen-bond donors (Lipinski definition) is 1. The molecular formula is C23H24ClN3O2S. The Morgan fingerprint density at radius 3 is 2.73 bits per heavy atom. The van der Waals surface area contributed by atoms with E-state index in [9.17, 15) is 9.59 Å². The molecule has 1 saturated carbocycles. The van der Waals surface area contributed by atoms with Gasteiger partial charge < -0.3 is 5.32 Å². The molecule has 1 heterocycles. The summed E-state index contributed by atoms with van der Waals surface area (Å²) in [5.74, 6) is 0.222. The number of nitrogens with one attached hydrogen (secondary N) is 1. The third-order valence-electron chi connectivity index (χ3n) is 5.36. The summed E-state index contributed by atoms with van der Waals surface area (Å²) >= 11 is 7.42. The van der Waals surface area contributed by atoms with Gasteiger partial charge in [0.2, 0.25) is 5.91 Å². The molecule has 0 bridgehead atoms. The molecule has 1 aromatic heterocycles. The third kappa shape index (κ3) is 5.05. The highest BCUT2D eigenvalue weighted by atomic mass is 35.5. The van der Waals surface area contributed by atoms with Crippen LogP contribution in [0.1, 0.15) is 37.7 Å². The molecule has 0 atom stereocenters. The summed E-state index contributed by atoms with van der Waals surface area (Å²) < 4.78 is 1.63. The molecule has 4 rings (SSSR count). The Morgan fingerprint density at radius 2 is 1.93 bits per heavy atom. The van der Waals surface area contributed by atoms with Crippen LogP contribution in [0.2, 0.25) is 5.02 Å². The first-order valence-corrected chi connectivity index (χ1v) is 11.6. The first kappa shape index (κ1) is 20.9. The lowest BCUT2D eigenvalue weighted by atomic mass is 9.95. The predicted octanol–water partition coefficient (Wildman–Crippen LogP) is 4.64. The van der Waals surface area contributed by atoms with E-state index in [2.05, 4.69) is 10.3 Å². The Kier molecular flexibility index (Phi) is 6.75. The van der Waals surface area contributed by atoms with Crippen molar-refractivity contribution < 1.29 is 4.79 Å². The second kappa shape index (κ2) is 9.67. The highest BCUT2D eigenvalue weighted by Gasteiger charge is 2.17. The summed E-state index contributed by atoms with van der Waals surface area (Å²) in [6.45, 7) is 0.351. The van der Waals surface area contributed by atoms with E-state index in [0.717, 1.165) is 18.4 Å². The van der Waals surface area contributed by atoms with Crippen molar-refractivity contribution in [3.05, 3.63) is 69.5 Å². The summed E-state index contributed by atoms with van der Waals surface area (Å²) in [5.41, 5.74) is 1.44. The number of para-hydroxylation sites is 1. The summed E-state index contributed by atoms with van der Waals surface area (Å²) in [5, 5.41) is 4.85. The average Bonchev–Trinajstić information content (AvgIpc) is 2.75. The van der Waals surface area contributed by atoms with E-state index < -0.39 is 0 Å². The molecule has 0 unspecified atom stereocenters. The normalized spacial score (nSPS) is 14.7. The second-order valence-corrected chi connectivity index (χ2v) is 9.00. The van der Waals surface area contributed by atoms with Gasteiger partial charge in [0.15, 0.2) is 5.16 Å². The van der Waals surface area contributed by atoms with Crippen molar-refractivity contribution in [2.45, 2.75) is 49.8 Å². The summed E-state index contributed by atoms with van der Waals surface area (Å²) in [7, 11) is 0. The average molecular weight is 442 g/mol. The van der Waals surface area contributed by atoms with Crippen molar-refractivity contribution in [3.8, 4) is 0 Å². The van der Waals surface area contributed by atoms with Crippen molar-refractivity contribution >= 4 is 40.2 Å². The number of nitrogens with zero attached hydrogens (tertiary/aromatic N) is 2. The molecule has 1 amide bonds. The fraction of sp³-hybridized carbons (Fsp3) is 0.348. The number of carbonyl (C=O) groups excluding carboxylic acids is 1. The fourth-order valence-electron chi connectivity index (χ4n) is 3.86. The lowest BCUT2D eigenvalue weighted by Gasteiger charge is -2.22. The molecule has 1 N–H and O–H groups in total. The van der Waals surface area contributed by atoms with Gasteiger partial charge in [-0.25, -0.2) is 4.98 Å². The molecule has 156 valence electrons. The number of benzene rings is 2. The maximum atomic E-state index is 13.2. The summed E-state index contributed by atoms with van der Waals surface area (Å²) in [4.78, 5) is 30.3. The number of fused-ring (bicyclic) bond motifs is 1. The SMILES string of the molecule is O=C(CSc1nc2ccccc2c(=O)n1Cc1cccc(Cl)c1)NC1CCCCC1. The highest BCUT2D eigenvalue weighted by molar-refractivity contribution is 7.99. The van der Waals surface area contributed by atoms with Gasteiger partial charge in [-0.15, -0.1) is 0 Å². The zero-order valence-electron chi connectivity index (χ0n) is 16.6. The molecule has 1 aliphatic rings. The smallest absolute Gasteiger partial charge is 0.262 e. The van der Waals surface area contributed by atoms with Crippen molar-refractivity contribution in [1.82, 2.24) is 14.9 Å². The zero-order valence-corrected chi connectivity index (χ0v) is 18.2. The van der Waals surface area contributed by atoms with Crippen LogP contribution in [0, 0.1) is 0 Å². The van der Waals surface area contributed by atoms with E-state index >= 15 is 0 Å². The lowest BCUT2D eigenvalue weighted by Crippen LogP contribution is -2.37. The highest BCUT2D eigenvalue weighted by Crippen LogP contribution is 2.21. The maximum Gasteiger partial charge on any atom is 0.262 e. The molecule has 2 aromatic carbocycles. The molecule has 0 aliphatic heterocycles. The van der Waals surface area contributed by atoms with Gasteiger partial charge in [-0.3, -0.25) is 14.2 Å². The molecule has 30 heavy (non-hydrogen) atoms. The molecular weight excluding hydrogens is 418 g/mol. The van der Waals surface area contributed by atoms with Crippen LogP contribution in [-0.4, -0.2) is 27.3 Å². The van der Waals surface area contributed by atoms with Crippen LogP contribution in [0.25, 0.3) is 10.9 Å². The molecule has 1 fully saturated rings. The van der Waals surface area contributed by atoms with E-state index in [4.69, 9.17) is 11.6 Å². The molecule has 5 nitrogen and oxygen atoms in total. The predicted molar refractivity (Wildman–Crippen MR) is 122 cm³/mol. The Bertz CT molecular complexity index is 1110. The first-order chi connectivity index (χ1) is 14.6. The summed E-state index contributed by atoms with van der Waals surface area (Å²) in [6, 6.07) is 15.0. The molecule has 0 spiro atoms. The number of amides is 1. The van der Waals surface area contributed by atoms with Crippen LogP contribution >= 0.6 is 23.4 Å². The second-order valence-electron chi connectivity index (χ2n) is 7.62. The zero-order chi connectivity index (χ0) is 20.9. The minimum Gasteiger partial charge on any atom is -0.353 e. The van der Waals surface area contributed by atoms with E-state index in [-0.39, 0.29) is 23.3 Å². The Labute approximate surface area is 184 Å². The van der Waals surface area contributed by atoms with E-state index in [1.54, 1.807) is 16.7 Å². The first-order valence-electron chi connectivity index (χ1n) is 10.3. The number of rotatable bonds is 6. The van der Waals surface area contributed by atoms with E-state index in [1.165, 1.54) is 31.0 Å².